The van der Waals surface area contributed by atoms with E-state index in [0.717, 1.165) is 4.52 Å². The Morgan fingerprint density at radius 2 is 1.91 bits per heavy atom. The molecule has 0 atom stereocenters. The van der Waals surface area contributed by atoms with Crippen molar-refractivity contribution in [2.24, 2.45) is 0 Å². The molecule has 2 aromatic heterocycles. The first-order chi connectivity index (χ1) is 10.4. The minimum absolute atomic E-state index is 0.0343. The van der Waals surface area contributed by atoms with Gasteiger partial charge in [-0.15, -0.1) is 11.8 Å². The van der Waals surface area contributed by atoms with Crippen molar-refractivity contribution >= 4 is 27.2 Å². The average molecular weight is 335 g/mol. The van der Waals surface area contributed by atoms with Crippen LogP contribution in [0.25, 0.3) is 5.65 Å². The summed E-state index contributed by atoms with van der Waals surface area (Å²) in [5, 5.41) is 3.20. The van der Waals surface area contributed by atoms with Crippen LogP contribution in [-0.4, -0.2) is 29.3 Å². The number of nitrogens with zero attached hydrogens (tertiary/aromatic N) is 2. The third-order valence-corrected chi connectivity index (χ3v) is 5.85. The van der Waals surface area contributed by atoms with Crippen molar-refractivity contribution in [2.75, 3.05) is 6.26 Å². The minimum atomic E-state index is -3.77. The molecule has 0 saturated carbocycles. The lowest BCUT2D eigenvalue weighted by Crippen LogP contribution is -2.15. The van der Waals surface area contributed by atoms with Crippen LogP contribution in [-0.2, 0) is 9.84 Å². The molecule has 0 aliphatic heterocycles. The third kappa shape index (κ3) is 2.24. The molecule has 0 radical (unpaired) electrons. The SMILES string of the molecule is CSc1[nH]n2c(=O)cc(C)nc2c1S(=O)(=O)c1ccccc1. The first-order valence-corrected chi connectivity index (χ1v) is 9.12. The minimum Gasteiger partial charge on any atom is -0.282 e. The Morgan fingerprint density at radius 3 is 2.55 bits per heavy atom. The summed E-state index contributed by atoms with van der Waals surface area (Å²) in [6.45, 7) is 1.66. The molecule has 3 rings (SSSR count). The normalized spacial score (nSPS) is 11.9. The molecule has 0 aliphatic carbocycles. The first-order valence-electron chi connectivity index (χ1n) is 6.41. The zero-order valence-corrected chi connectivity index (χ0v) is 13.5. The zero-order valence-electron chi connectivity index (χ0n) is 11.9. The summed E-state index contributed by atoms with van der Waals surface area (Å²) in [5.74, 6) is 0. The van der Waals surface area contributed by atoms with Crippen LogP contribution in [0.1, 0.15) is 5.69 Å². The summed E-state index contributed by atoms with van der Waals surface area (Å²) in [6, 6.07) is 9.47. The number of aromatic amines is 1. The second kappa shape index (κ2) is 5.29. The molecule has 0 saturated heterocycles. The van der Waals surface area contributed by atoms with Crippen molar-refractivity contribution in [1.82, 2.24) is 14.6 Å². The third-order valence-electron chi connectivity index (χ3n) is 3.20. The van der Waals surface area contributed by atoms with E-state index in [0.29, 0.717) is 10.7 Å². The van der Waals surface area contributed by atoms with Gasteiger partial charge in [-0.05, 0) is 25.3 Å². The number of hydrogen-bond acceptors (Lipinski definition) is 5. The van der Waals surface area contributed by atoms with Gasteiger partial charge in [-0.2, -0.15) is 4.52 Å². The van der Waals surface area contributed by atoms with Gasteiger partial charge in [0.05, 0.1) is 4.90 Å². The highest BCUT2D eigenvalue weighted by Gasteiger charge is 2.28. The van der Waals surface area contributed by atoms with Crippen molar-refractivity contribution in [3.63, 3.8) is 0 Å². The van der Waals surface area contributed by atoms with Gasteiger partial charge in [0.1, 0.15) is 9.92 Å². The van der Waals surface area contributed by atoms with Crippen molar-refractivity contribution in [3.8, 4) is 0 Å². The monoisotopic (exact) mass is 335 g/mol. The number of sulfone groups is 1. The van der Waals surface area contributed by atoms with Gasteiger partial charge in [0.25, 0.3) is 5.56 Å². The van der Waals surface area contributed by atoms with E-state index < -0.39 is 9.84 Å². The van der Waals surface area contributed by atoms with Crippen molar-refractivity contribution < 1.29 is 8.42 Å². The number of nitrogens with one attached hydrogen (secondary N) is 1. The molecule has 3 aromatic rings. The van der Waals surface area contributed by atoms with Crippen LogP contribution in [0, 0.1) is 6.92 Å². The van der Waals surface area contributed by atoms with E-state index in [1.54, 1.807) is 31.4 Å². The zero-order chi connectivity index (χ0) is 15.9. The highest BCUT2D eigenvalue weighted by Crippen LogP contribution is 2.31. The number of rotatable bonds is 3. The van der Waals surface area contributed by atoms with E-state index in [9.17, 15) is 13.2 Å². The Kier molecular flexibility index (Phi) is 3.57. The predicted molar refractivity (Wildman–Crippen MR) is 84.2 cm³/mol. The first kappa shape index (κ1) is 14.9. The smallest absolute Gasteiger partial charge is 0.272 e. The number of benzene rings is 1. The average Bonchev–Trinajstić information content (AvgIpc) is 2.87. The highest BCUT2D eigenvalue weighted by molar-refractivity contribution is 7.99. The van der Waals surface area contributed by atoms with Crippen LogP contribution in [0.15, 0.2) is 56.0 Å². The van der Waals surface area contributed by atoms with Gasteiger partial charge < -0.3 is 0 Å². The molecular formula is C14H13N3O3S2. The van der Waals surface area contributed by atoms with Crippen molar-refractivity contribution in [1.29, 1.82) is 0 Å². The molecule has 0 unspecified atom stereocenters. The maximum absolute atomic E-state index is 12.9. The van der Waals surface area contributed by atoms with Crippen LogP contribution in [0.2, 0.25) is 0 Å². The topological polar surface area (TPSA) is 84.3 Å². The van der Waals surface area contributed by atoms with Gasteiger partial charge in [-0.25, -0.2) is 13.4 Å². The van der Waals surface area contributed by atoms with E-state index >= 15 is 0 Å². The fourth-order valence-electron chi connectivity index (χ4n) is 2.21. The van der Waals surface area contributed by atoms with Crippen molar-refractivity contribution in [2.45, 2.75) is 21.7 Å². The molecule has 0 fully saturated rings. The second-order valence-electron chi connectivity index (χ2n) is 4.69. The van der Waals surface area contributed by atoms with Crippen LogP contribution in [0.3, 0.4) is 0 Å². The number of hydrogen-bond donors (Lipinski definition) is 1. The van der Waals surface area contributed by atoms with Gasteiger partial charge in [0.15, 0.2) is 5.65 Å². The van der Waals surface area contributed by atoms with Gasteiger partial charge in [0, 0.05) is 11.8 Å². The molecule has 114 valence electrons. The summed E-state index contributed by atoms with van der Waals surface area (Å²) in [4.78, 5) is 16.5. The molecule has 1 aromatic carbocycles. The molecule has 0 spiro atoms. The van der Waals surface area contributed by atoms with Crippen LogP contribution < -0.4 is 5.56 Å². The summed E-state index contributed by atoms with van der Waals surface area (Å²) < 4.78 is 27.0. The Balaban J connectivity index is 2.42. The van der Waals surface area contributed by atoms with Gasteiger partial charge in [-0.1, -0.05) is 18.2 Å². The molecule has 6 nitrogen and oxygen atoms in total. The Bertz CT molecular complexity index is 1000. The maximum atomic E-state index is 12.9. The molecule has 22 heavy (non-hydrogen) atoms. The molecule has 8 heteroatoms. The molecular weight excluding hydrogens is 322 g/mol. The fourth-order valence-corrected chi connectivity index (χ4v) is 4.67. The number of aryl methyl sites for hydroxylation is 1. The van der Waals surface area contributed by atoms with E-state index in [4.69, 9.17) is 0 Å². The Labute approximate surface area is 131 Å². The summed E-state index contributed by atoms with van der Waals surface area (Å²) in [6.07, 6.45) is 1.74. The maximum Gasteiger partial charge on any atom is 0.272 e. The molecule has 1 N–H and O–H groups in total. The van der Waals surface area contributed by atoms with E-state index in [1.165, 1.54) is 30.0 Å². The summed E-state index contributed by atoms with van der Waals surface area (Å²) in [5.41, 5.74) is 0.256. The standard InChI is InChI=1S/C14H13N3O3S2/c1-9-8-11(18)17-13(15-9)12(14(16-17)21-2)22(19,20)10-6-4-3-5-7-10/h3-8,16H,1-2H3. The summed E-state index contributed by atoms with van der Waals surface area (Å²) in [7, 11) is -3.77. The van der Waals surface area contributed by atoms with E-state index in [2.05, 4.69) is 10.1 Å². The number of fused-ring (bicyclic) bond motifs is 1. The quantitative estimate of drug-likeness (QED) is 0.739. The van der Waals surface area contributed by atoms with E-state index in [-0.39, 0.29) is 21.0 Å². The number of aromatic nitrogens is 3. The largest absolute Gasteiger partial charge is 0.282 e. The molecule has 0 bridgehead atoms. The van der Waals surface area contributed by atoms with E-state index in [1.807, 2.05) is 0 Å². The molecule has 0 amide bonds. The predicted octanol–water partition coefficient (Wildman–Crippen LogP) is 1.89. The lowest BCUT2D eigenvalue weighted by Gasteiger charge is -2.04. The fraction of sp³-hybridized carbons (Fsp3) is 0.143. The van der Waals surface area contributed by atoms with Crippen LogP contribution in [0.4, 0.5) is 0 Å². The van der Waals surface area contributed by atoms with Gasteiger partial charge in [-0.3, -0.25) is 9.89 Å². The Morgan fingerprint density at radius 1 is 1.23 bits per heavy atom. The van der Waals surface area contributed by atoms with Gasteiger partial charge in [0.2, 0.25) is 9.84 Å². The highest BCUT2D eigenvalue weighted by atomic mass is 32.2. The molecule has 2 heterocycles. The number of H-pyrrole nitrogens is 1. The second-order valence-corrected chi connectivity index (χ2v) is 7.39. The Hall–Kier alpha value is -2.06. The van der Waals surface area contributed by atoms with Gasteiger partial charge >= 0.3 is 0 Å². The number of thioether (sulfide) groups is 1. The van der Waals surface area contributed by atoms with Crippen LogP contribution in [0.5, 0.6) is 0 Å². The lowest BCUT2D eigenvalue weighted by atomic mass is 10.4. The van der Waals surface area contributed by atoms with Crippen molar-refractivity contribution in [3.05, 3.63) is 52.4 Å². The molecule has 0 aliphatic rings. The van der Waals surface area contributed by atoms with Crippen LogP contribution >= 0.6 is 11.8 Å². The summed E-state index contributed by atoms with van der Waals surface area (Å²) >= 11 is 1.22. The lowest BCUT2D eigenvalue weighted by molar-refractivity contribution is 0.594.